The van der Waals surface area contributed by atoms with Crippen molar-refractivity contribution in [3.63, 3.8) is 0 Å². The van der Waals surface area contributed by atoms with Crippen molar-refractivity contribution in [1.82, 2.24) is 25.4 Å². The minimum atomic E-state index is -0.485. The lowest BCUT2D eigenvalue weighted by molar-refractivity contribution is -0.139. The van der Waals surface area contributed by atoms with Crippen molar-refractivity contribution in [2.24, 2.45) is 5.92 Å². The maximum Gasteiger partial charge on any atom is 0.245 e. The summed E-state index contributed by atoms with van der Waals surface area (Å²) in [7, 11) is 3.90. The van der Waals surface area contributed by atoms with Gasteiger partial charge in [0.15, 0.2) is 0 Å². The van der Waals surface area contributed by atoms with E-state index in [-0.39, 0.29) is 47.6 Å². The number of H-pyrrole nitrogens is 1. The number of rotatable bonds is 6. The smallest absolute Gasteiger partial charge is 0.245 e. The molecule has 5 atom stereocenters. The monoisotopic (exact) mass is 483 g/mol. The van der Waals surface area contributed by atoms with Crippen LogP contribution in [-0.4, -0.2) is 78.0 Å². The molecular weight excluding hydrogens is 445 g/mol. The lowest BCUT2D eigenvalue weighted by Gasteiger charge is -2.36. The van der Waals surface area contributed by atoms with E-state index in [2.05, 4.69) is 32.5 Å². The molecule has 1 aliphatic carbocycles. The van der Waals surface area contributed by atoms with E-state index < -0.39 is 6.04 Å². The van der Waals surface area contributed by atoms with Crippen LogP contribution in [0.15, 0.2) is 24.4 Å². The van der Waals surface area contributed by atoms with Gasteiger partial charge in [-0.25, -0.2) is 4.39 Å². The van der Waals surface area contributed by atoms with Crippen LogP contribution in [0.5, 0.6) is 0 Å². The number of carbonyl (C=O) groups is 2. The number of halogens is 1. The number of aromatic amines is 1. The topological polar surface area (TPSA) is 80.5 Å². The highest BCUT2D eigenvalue weighted by molar-refractivity contribution is 5.90. The molecular formula is C27H38FN5O2. The Hall–Kier alpha value is -2.45. The maximum atomic E-state index is 14.2. The summed E-state index contributed by atoms with van der Waals surface area (Å²) in [5.74, 6) is -0.00319. The van der Waals surface area contributed by atoms with Gasteiger partial charge in [0.25, 0.3) is 0 Å². The molecule has 3 aliphatic rings. The molecule has 7 nitrogen and oxygen atoms in total. The maximum absolute atomic E-state index is 14.2. The molecule has 2 aliphatic heterocycles. The van der Waals surface area contributed by atoms with Gasteiger partial charge in [-0.05, 0) is 70.0 Å². The lowest BCUT2D eigenvalue weighted by atomic mass is 9.82. The summed E-state index contributed by atoms with van der Waals surface area (Å²) < 4.78 is 13.8. The van der Waals surface area contributed by atoms with Crippen LogP contribution in [0.4, 0.5) is 4.39 Å². The number of hydrogen-bond acceptors (Lipinski definition) is 4. The van der Waals surface area contributed by atoms with E-state index in [9.17, 15) is 14.0 Å². The molecule has 3 heterocycles. The van der Waals surface area contributed by atoms with Crippen molar-refractivity contribution in [1.29, 1.82) is 0 Å². The summed E-state index contributed by atoms with van der Waals surface area (Å²) in [6.45, 7) is 3.37. The number of amides is 2. The molecule has 190 valence electrons. The van der Waals surface area contributed by atoms with Gasteiger partial charge in [-0.15, -0.1) is 0 Å². The quantitative estimate of drug-likeness (QED) is 0.590. The van der Waals surface area contributed by atoms with Gasteiger partial charge < -0.3 is 25.4 Å². The van der Waals surface area contributed by atoms with Crippen molar-refractivity contribution in [2.75, 3.05) is 27.2 Å². The Labute approximate surface area is 206 Å². The molecule has 1 saturated carbocycles. The third-order valence-corrected chi connectivity index (χ3v) is 8.75. The summed E-state index contributed by atoms with van der Waals surface area (Å²) in [6, 6.07) is 4.37. The van der Waals surface area contributed by atoms with Crippen LogP contribution < -0.4 is 10.6 Å². The Morgan fingerprint density at radius 2 is 1.94 bits per heavy atom. The van der Waals surface area contributed by atoms with Crippen molar-refractivity contribution < 1.29 is 14.0 Å². The van der Waals surface area contributed by atoms with Gasteiger partial charge in [-0.3, -0.25) is 9.59 Å². The molecule has 2 saturated heterocycles. The van der Waals surface area contributed by atoms with Gasteiger partial charge in [-0.2, -0.15) is 0 Å². The van der Waals surface area contributed by atoms with E-state index in [1.807, 2.05) is 19.2 Å². The first-order valence-corrected chi connectivity index (χ1v) is 13.1. The summed E-state index contributed by atoms with van der Waals surface area (Å²) in [4.78, 5) is 34.7. The molecule has 2 amide bonds. The summed E-state index contributed by atoms with van der Waals surface area (Å²) >= 11 is 0. The number of carbonyl (C=O) groups excluding carboxylic acids is 2. The predicted molar refractivity (Wildman–Crippen MR) is 135 cm³/mol. The minimum absolute atomic E-state index is 0.0428. The second-order valence-electron chi connectivity index (χ2n) is 10.8. The normalized spacial score (nSPS) is 27.2. The van der Waals surface area contributed by atoms with Gasteiger partial charge in [0, 0.05) is 42.1 Å². The summed E-state index contributed by atoms with van der Waals surface area (Å²) in [5, 5.41) is 7.15. The molecule has 1 aromatic carbocycles. The fraction of sp³-hybridized carbons (Fsp3) is 0.630. The van der Waals surface area contributed by atoms with Crippen molar-refractivity contribution in [2.45, 2.75) is 75.5 Å². The Bertz CT molecular complexity index is 1080. The first kappa shape index (κ1) is 24.3. The number of likely N-dealkylation sites (N-methyl/N-ethyl adjacent to an activating group) is 2. The van der Waals surface area contributed by atoms with Crippen LogP contribution in [-0.2, 0) is 9.59 Å². The minimum Gasteiger partial charge on any atom is -0.361 e. The lowest BCUT2D eigenvalue weighted by Crippen LogP contribution is -2.57. The Balaban J connectivity index is 1.45. The highest BCUT2D eigenvalue weighted by Crippen LogP contribution is 2.43. The predicted octanol–water partition coefficient (Wildman–Crippen LogP) is 2.98. The van der Waals surface area contributed by atoms with E-state index in [1.165, 1.54) is 18.6 Å². The van der Waals surface area contributed by atoms with Crippen LogP contribution >= 0.6 is 0 Å². The summed E-state index contributed by atoms with van der Waals surface area (Å²) in [5.41, 5.74) is 1.93. The van der Waals surface area contributed by atoms with Crippen molar-refractivity contribution in [3.05, 3.63) is 35.8 Å². The molecule has 0 radical (unpaired) electrons. The Morgan fingerprint density at radius 3 is 2.69 bits per heavy atom. The number of nitrogens with one attached hydrogen (secondary N) is 3. The average molecular weight is 484 g/mol. The van der Waals surface area contributed by atoms with Gasteiger partial charge in [0.2, 0.25) is 11.8 Å². The van der Waals surface area contributed by atoms with Gasteiger partial charge >= 0.3 is 0 Å². The standard InChI is InChI=1S/C27H38FN5O2/c1-16(29-2)26(34)31-24(17-7-5-4-6-8-17)27(35)33-12-11-23-25(33)21(15-32(23)3)20-14-30-22-13-18(28)9-10-19(20)22/h9-10,13-14,16-17,21,23-25,29-30H,4-8,11-12,15H2,1-3H3,(H,31,34)/t16-,21+,23+,24-,25+/m0/s1. The number of nitrogens with zero attached hydrogens (tertiary/aromatic N) is 2. The molecule has 0 bridgehead atoms. The number of aromatic nitrogens is 1. The second kappa shape index (κ2) is 9.90. The third kappa shape index (κ3) is 4.47. The Morgan fingerprint density at radius 1 is 1.17 bits per heavy atom. The zero-order chi connectivity index (χ0) is 24.7. The molecule has 1 aromatic heterocycles. The number of hydrogen-bond donors (Lipinski definition) is 3. The first-order valence-electron chi connectivity index (χ1n) is 13.1. The zero-order valence-corrected chi connectivity index (χ0v) is 21.0. The second-order valence-corrected chi connectivity index (χ2v) is 10.8. The largest absolute Gasteiger partial charge is 0.361 e. The van der Waals surface area contributed by atoms with Crippen LogP contribution in [0.3, 0.4) is 0 Å². The van der Waals surface area contributed by atoms with E-state index in [1.54, 1.807) is 7.05 Å². The average Bonchev–Trinajstić information content (AvgIpc) is 3.57. The molecule has 3 fully saturated rings. The molecule has 5 rings (SSSR count). The van der Waals surface area contributed by atoms with Crippen LogP contribution in [0.1, 0.15) is 56.9 Å². The van der Waals surface area contributed by atoms with E-state index >= 15 is 0 Å². The third-order valence-electron chi connectivity index (χ3n) is 8.75. The van der Waals surface area contributed by atoms with Gasteiger partial charge in [0.05, 0.1) is 12.1 Å². The molecule has 3 N–H and O–H groups in total. The van der Waals surface area contributed by atoms with E-state index in [4.69, 9.17) is 0 Å². The number of likely N-dealkylation sites (tertiary alicyclic amines) is 2. The highest BCUT2D eigenvalue weighted by atomic mass is 19.1. The van der Waals surface area contributed by atoms with Crippen LogP contribution in [0.2, 0.25) is 0 Å². The van der Waals surface area contributed by atoms with Crippen LogP contribution in [0, 0.1) is 11.7 Å². The number of benzene rings is 1. The van der Waals surface area contributed by atoms with Gasteiger partial charge in [-0.1, -0.05) is 19.3 Å². The molecule has 8 heteroatoms. The summed E-state index contributed by atoms with van der Waals surface area (Å²) in [6.07, 6.45) is 8.28. The van der Waals surface area contributed by atoms with E-state index in [0.717, 1.165) is 55.1 Å². The van der Waals surface area contributed by atoms with Crippen LogP contribution in [0.25, 0.3) is 10.9 Å². The molecule has 0 spiro atoms. The number of fused-ring (bicyclic) bond motifs is 2. The first-order chi connectivity index (χ1) is 16.9. The fourth-order valence-electron chi connectivity index (χ4n) is 6.72. The fourth-order valence-corrected chi connectivity index (χ4v) is 6.72. The van der Waals surface area contributed by atoms with Crippen molar-refractivity contribution in [3.8, 4) is 0 Å². The molecule has 2 aromatic rings. The van der Waals surface area contributed by atoms with Gasteiger partial charge in [0.1, 0.15) is 11.9 Å². The van der Waals surface area contributed by atoms with Crippen molar-refractivity contribution >= 4 is 22.7 Å². The highest BCUT2D eigenvalue weighted by Gasteiger charge is 2.51. The zero-order valence-electron chi connectivity index (χ0n) is 21.0. The molecule has 0 unspecified atom stereocenters. The Kier molecular flexibility index (Phi) is 6.86. The molecule has 35 heavy (non-hydrogen) atoms. The SMILES string of the molecule is CN[C@@H](C)C(=O)N[C@H](C(=O)N1CC[C@@H]2[C@H]1[C@@H](c1c[nH]c3cc(F)ccc13)CN2C)C1CCCCC1. The van der Waals surface area contributed by atoms with E-state index in [0.29, 0.717) is 6.54 Å².